The zero-order chi connectivity index (χ0) is 22.8. The molecule has 1 atom stereocenters. The Morgan fingerprint density at radius 3 is 2.47 bits per heavy atom. The van der Waals surface area contributed by atoms with Crippen LogP contribution in [0.15, 0.2) is 42.9 Å². The lowest BCUT2D eigenvalue weighted by atomic mass is 9.30. The lowest BCUT2D eigenvalue weighted by molar-refractivity contribution is -0.348. The number of aliphatic hydroxyl groups is 1. The fourth-order valence-electron chi connectivity index (χ4n) is 5.32. The topological polar surface area (TPSA) is 86.0 Å². The first-order valence-electron chi connectivity index (χ1n) is 9.92. The summed E-state index contributed by atoms with van der Waals surface area (Å²) in [6, 6.07) is 5.60. The van der Waals surface area contributed by atoms with Gasteiger partial charge in [-0.2, -0.15) is 4.80 Å². The molecule has 0 spiro atoms. The zero-order valence-corrected chi connectivity index (χ0v) is 17.0. The fourth-order valence-corrected chi connectivity index (χ4v) is 5.32. The van der Waals surface area contributed by atoms with Crippen LogP contribution in [0.5, 0.6) is 5.88 Å². The van der Waals surface area contributed by atoms with Crippen molar-refractivity contribution in [1.29, 1.82) is 0 Å². The highest BCUT2D eigenvalue weighted by atomic mass is 19.3. The molecule has 168 valence electrons. The summed E-state index contributed by atoms with van der Waals surface area (Å²) in [5.41, 5.74) is -4.95. The molecule has 7 nitrogen and oxygen atoms in total. The molecule has 3 aliphatic rings. The number of halogens is 4. The Morgan fingerprint density at radius 2 is 1.91 bits per heavy atom. The summed E-state index contributed by atoms with van der Waals surface area (Å²) in [6.07, 6.45) is 2.91. The van der Waals surface area contributed by atoms with Gasteiger partial charge in [0.15, 0.2) is 11.9 Å². The van der Waals surface area contributed by atoms with Gasteiger partial charge in [0.2, 0.25) is 5.88 Å². The van der Waals surface area contributed by atoms with Gasteiger partial charge in [-0.3, -0.25) is 0 Å². The van der Waals surface area contributed by atoms with Crippen LogP contribution >= 0.6 is 0 Å². The molecule has 2 bridgehead atoms. The van der Waals surface area contributed by atoms with Crippen LogP contribution in [0.1, 0.15) is 30.4 Å². The number of rotatable bonds is 7. The maximum absolute atomic E-state index is 16.1. The quantitative estimate of drug-likeness (QED) is 0.559. The molecule has 1 unspecified atom stereocenters. The summed E-state index contributed by atoms with van der Waals surface area (Å²) in [6.45, 7) is -0.846. The summed E-state index contributed by atoms with van der Waals surface area (Å²) >= 11 is 0. The van der Waals surface area contributed by atoms with Crippen LogP contribution in [0.2, 0.25) is 0 Å². The third kappa shape index (κ3) is 2.70. The van der Waals surface area contributed by atoms with E-state index in [1.807, 2.05) is 0 Å². The Kier molecular flexibility index (Phi) is 4.36. The number of tetrazole rings is 1. The molecule has 6 rings (SSSR count). The molecule has 3 aromatic rings. The monoisotopic (exact) mass is 449 g/mol. The Balaban J connectivity index is 1.49. The van der Waals surface area contributed by atoms with Crippen molar-refractivity contribution < 1.29 is 27.4 Å². The fraction of sp³-hybridized carbons (Fsp3) is 0.429. The number of alkyl halides is 2. The van der Waals surface area contributed by atoms with Gasteiger partial charge in [-0.05, 0) is 47.6 Å². The normalized spacial score (nSPS) is 26.1. The molecule has 3 aliphatic carbocycles. The second kappa shape index (κ2) is 6.71. The predicted molar refractivity (Wildman–Crippen MR) is 102 cm³/mol. The van der Waals surface area contributed by atoms with Gasteiger partial charge < -0.3 is 9.84 Å². The number of hydrogen-bond acceptors (Lipinski definition) is 6. The molecule has 11 heteroatoms. The average Bonchev–Trinajstić information content (AvgIpc) is 3.18. The average molecular weight is 449 g/mol. The van der Waals surface area contributed by atoms with Crippen LogP contribution in [0.3, 0.4) is 0 Å². The Labute approximate surface area is 180 Å². The van der Waals surface area contributed by atoms with Crippen molar-refractivity contribution in [3.05, 3.63) is 65.6 Å². The minimum absolute atomic E-state index is 0.0942. The van der Waals surface area contributed by atoms with E-state index in [1.54, 1.807) is 18.3 Å². The molecular formula is C21H19F4N5O2. The van der Waals surface area contributed by atoms with Crippen LogP contribution in [0.4, 0.5) is 17.6 Å². The first kappa shape index (κ1) is 20.8. The minimum Gasteiger partial charge on any atom is -0.481 e. The second-order valence-electron chi connectivity index (χ2n) is 8.71. The summed E-state index contributed by atoms with van der Waals surface area (Å²) in [5, 5.41) is 22.0. The Morgan fingerprint density at radius 1 is 1.16 bits per heavy atom. The van der Waals surface area contributed by atoms with Gasteiger partial charge in [-0.25, -0.2) is 22.5 Å². The molecule has 0 radical (unpaired) electrons. The molecule has 32 heavy (non-hydrogen) atoms. The van der Waals surface area contributed by atoms with Gasteiger partial charge >= 0.3 is 0 Å². The number of nitrogens with zero attached hydrogens (tertiary/aromatic N) is 5. The maximum Gasteiger partial charge on any atom is 0.287 e. The number of methoxy groups -OCH3 is 1. The lowest BCUT2D eigenvalue weighted by Gasteiger charge is -2.74. The van der Waals surface area contributed by atoms with Crippen molar-refractivity contribution >= 4 is 0 Å². The number of aromatic nitrogens is 5. The Hall–Kier alpha value is -3.08. The van der Waals surface area contributed by atoms with Crippen molar-refractivity contribution in [3.8, 4) is 5.88 Å². The Bertz CT molecular complexity index is 1140. The largest absolute Gasteiger partial charge is 0.481 e. The summed E-state index contributed by atoms with van der Waals surface area (Å²) in [5.74, 6) is -5.56. The molecule has 3 fully saturated rings. The van der Waals surface area contributed by atoms with Crippen molar-refractivity contribution in [2.24, 2.45) is 5.41 Å². The number of hydrogen-bond donors (Lipinski definition) is 1. The summed E-state index contributed by atoms with van der Waals surface area (Å²) < 4.78 is 65.2. The first-order valence-corrected chi connectivity index (χ1v) is 9.92. The number of ether oxygens (including phenoxy) is 1. The van der Waals surface area contributed by atoms with Crippen molar-refractivity contribution in [2.45, 2.75) is 42.7 Å². The zero-order valence-electron chi connectivity index (χ0n) is 17.0. The van der Waals surface area contributed by atoms with Gasteiger partial charge in [0.05, 0.1) is 7.11 Å². The van der Waals surface area contributed by atoms with Crippen LogP contribution in [-0.4, -0.2) is 43.3 Å². The standard InChI is InChI=1S/C21H19F4N5O2/c1-32-17-5-2-13(7-26-17)18-8-19(9-18,10-18)21(24,25)20(31,11-30-28-12-27-29-30)15-4-3-14(22)6-16(15)23/h2-7,12,31H,8-11H2,1H3. The molecule has 2 heterocycles. The summed E-state index contributed by atoms with van der Waals surface area (Å²) in [4.78, 5) is 4.92. The van der Waals surface area contributed by atoms with Crippen molar-refractivity contribution in [2.75, 3.05) is 7.11 Å². The van der Waals surface area contributed by atoms with E-state index in [9.17, 15) is 13.9 Å². The van der Waals surface area contributed by atoms with Crippen LogP contribution in [0, 0.1) is 17.0 Å². The number of pyridine rings is 1. The predicted octanol–water partition coefficient (Wildman–Crippen LogP) is 3.00. The van der Waals surface area contributed by atoms with Crippen LogP contribution in [0.25, 0.3) is 0 Å². The molecule has 2 aromatic heterocycles. The third-order valence-corrected chi connectivity index (χ3v) is 6.91. The SMILES string of the molecule is COc1ccc(C23CC(C(F)(F)C(O)(Cn4ncnn4)c4ccc(F)cc4F)(C2)C3)cn1. The molecular weight excluding hydrogens is 430 g/mol. The molecule has 0 amide bonds. The molecule has 1 N–H and O–H groups in total. The van der Waals surface area contributed by atoms with E-state index < -0.39 is 46.1 Å². The minimum atomic E-state index is -3.77. The van der Waals surface area contributed by atoms with E-state index in [4.69, 9.17) is 4.74 Å². The smallest absolute Gasteiger partial charge is 0.287 e. The van der Waals surface area contributed by atoms with Crippen molar-refractivity contribution in [3.63, 3.8) is 0 Å². The van der Waals surface area contributed by atoms with E-state index in [0.29, 0.717) is 11.9 Å². The molecule has 1 aromatic carbocycles. The van der Waals surface area contributed by atoms with Gasteiger partial charge in [-0.15, -0.1) is 10.2 Å². The molecule has 0 aliphatic heterocycles. The third-order valence-electron chi connectivity index (χ3n) is 6.91. The van der Waals surface area contributed by atoms with Crippen molar-refractivity contribution in [1.82, 2.24) is 25.2 Å². The lowest BCUT2D eigenvalue weighted by Crippen LogP contribution is -2.76. The van der Waals surface area contributed by atoms with Gasteiger partial charge in [0.1, 0.15) is 18.2 Å². The molecule has 0 saturated heterocycles. The first-order chi connectivity index (χ1) is 15.1. The second-order valence-corrected chi connectivity index (χ2v) is 8.71. The highest BCUT2D eigenvalue weighted by Gasteiger charge is 2.82. The van der Waals surface area contributed by atoms with E-state index in [-0.39, 0.29) is 19.3 Å². The van der Waals surface area contributed by atoms with Gasteiger partial charge in [0.25, 0.3) is 5.92 Å². The highest BCUT2D eigenvalue weighted by molar-refractivity contribution is 5.42. The van der Waals surface area contributed by atoms with E-state index >= 15 is 8.78 Å². The van der Waals surface area contributed by atoms with Gasteiger partial charge in [-0.1, -0.05) is 6.07 Å². The van der Waals surface area contributed by atoms with Crippen LogP contribution in [-0.2, 0) is 17.6 Å². The maximum atomic E-state index is 16.1. The highest BCUT2D eigenvalue weighted by Crippen LogP contribution is 2.80. The van der Waals surface area contributed by atoms with E-state index in [0.717, 1.165) is 28.8 Å². The molecule has 3 saturated carbocycles. The van der Waals surface area contributed by atoms with Crippen LogP contribution < -0.4 is 4.74 Å². The van der Waals surface area contributed by atoms with E-state index in [1.165, 1.54) is 7.11 Å². The van der Waals surface area contributed by atoms with Gasteiger partial charge in [0, 0.05) is 29.3 Å². The number of benzene rings is 1. The summed E-state index contributed by atoms with van der Waals surface area (Å²) in [7, 11) is 1.48. The van der Waals surface area contributed by atoms with E-state index in [2.05, 4.69) is 20.4 Å².